The average molecular weight is 946 g/mol. The zero-order chi connectivity index (χ0) is 49.3. The molecule has 0 spiro atoms. The van der Waals surface area contributed by atoms with Crippen molar-refractivity contribution in [3.05, 3.63) is 97.2 Å². The van der Waals surface area contributed by atoms with Crippen LogP contribution in [0.5, 0.6) is 0 Å². The third kappa shape index (κ3) is 53.3. The zero-order valence-corrected chi connectivity index (χ0v) is 44.3. The van der Waals surface area contributed by atoms with E-state index in [1.807, 2.05) is 0 Å². The van der Waals surface area contributed by atoms with Gasteiger partial charge in [-0.2, -0.15) is 0 Å². The number of carbonyl (C=O) groups is 3. The van der Waals surface area contributed by atoms with Crippen molar-refractivity contribution < 1.29 is 28.6 Å². The summed E-state index contributed by atoms with van der Waals surface area (Å²) in [5.41, 5.74) is 0. The van der Waals surface area contributed by atoms with Gasteiger partial charge in [-0.15, -0.1) is 0 Å². The highest BCUT2D eigenvalue weighted by molar-refractivity contribution is 5.71. The van der Waals surface area contributed by atoms with Crippen molar-refractivity contribution in [3.8, 4) is 0 Å². The molecule has 0 aromatic carbocycles. The van der Waals surface area contributed by atoms with Gasteiger partial charge in [-0.3, -0.25) is 14.4 Å². The normalized spacial score (nSPS) is 12.8. The molecule has 0 aliphatic heterocycles. The minimum absolute atomic E-state index is 0.0885. The second-order valence-electron chi connectivity index (χ2n) is 18.5. The summed E-state index contributed by atoms with van der Waals surface area (Å²) in [7, 11) is 0. The highest BCUT2D eigenvalue weighted by Gasteiger charge is 2.19. The Bertz CT molecular complexity index is 1360. The Labute approximate surface area is 419 Å². The lowest BCUT2D eigenvalue weighted by atomic mass is 10.1. The van der Waals surface area contributed by atoms with Crippen molar-refractivity contribution in [1.82, 2.24) is 0 Å². The number of unbranched alkanes of at least 4 members (excludes halogenated alkanes) is 23. The zero-order valence-electron chi connectivity index (χ0n) is 44.3. The largest absolute Gasteiger partial charge is 0.462 e. The quantitative estimate of drug-likeness (QED) is 0.0262. The molecule has 0 aliphatic carbocycles. The van der Waals surface area contributed by atoms with Crippen molar-refractivity contribution in [2.45, 2.75) is 264 Å². The Morgan fingerprint density at radius 3 is 0.926 bits per heavy atom. The van der Waals surface area contributed by atoms with Gasteiger partial charge in [0.25, 0.3) is 0 Å². The van der Waals surface area contributed by atoms with E-state index < -0.39 is 6.10 Å². The maximum absolute atomic E-state index is 12.8. The molecule has 0 amide bonds. The summed E-state index contributed by atoms with van der Waals surface area (Å²) in [5, 5.41) is 0. The number of ether oxygens (including phenoxy) is 3. The third-order valence-corrected chi connectivity index (χ3v) is 11.8. The van der Waals surface area contributed by atoms with Gasteiger partial charge in [-0.25, -0.2) is 0 Å². The Morgan fingerprint density at radius 1 is 0.309 bits per heavy atom. The Hall–Kier alpha value is -3.67. The molecule has 0 aromatic heterocycles. The van der Waals surface area contributed by atoms with Gasteiger partial charge >= 0.3 is 17.9 Å². The molecule has 0 N–H and O–H groups in total. The fourth-order valence-electron chi connectivity index (χ4n) is 7.59. The van der Waals surface area contributed by atoms with Crippen LogP contribution in [0, 0.1) is 0 Å². The maximum Gasteiger partial charge on any atom is 0.306 e. The second kappa shape index (κ2) is 55.9. The molecule has 0 rings (SSSR count). The molecule has 388 valence electrons. The van der Waals surface area contributed by atoms with E-state index in [1.165, 1.54) is 83.5 Å². The number of allylic oxidation sites excluding steroid dienone is 16. The topological polar surface area (TPSA) is 78.9 Å². The fourth-order valence-corrected chi connectivity index (χ4v) is 7.59. The molecule has 0 saturated heterocycles. The number of carbonyl (C=O) groups excluding carboxylic acids is 3. The van der Waals surface area contributed by atoms with Crippen LogP contribution in [0.3, 0.4) is 0 Å². The first kappa shape index (κ1) is 64.3. The van der Waals surface area contributed by atoms with E-state index in [0.29, 0.717) is 19.3 Å². The van der Waals surface area contributed by atoms with Crippen LogP contribution in [-0.4, -0.2) is 37.2 Å². The number of esters is 3. The average Bonchev–Trinajstić information content (AvgIpc) is 3.34. The van der Waals surface area contributed by atoms with Gasteiger partial charge in [0.2, 0.25) is 0 Å². The molecule has 0 bridgehead atoms. The lowest BCUT2D eigenvalue weighted by molar-refractivity contribution is -0.167. The highest BCUT2D eigenvalue weighted by Crippen LogP contribution is 2.14. The van der Waals surface area contributed by atoms with Crippen LogP contribution in [0.25, 0.3) is 0 Å². The molecule has 1 unspecified atom stereocenters. The van der Waals surface area contributed by atoms with Gasteiger partial charge in [0, 0.05) is 19.3 Å². The summed E-state index contributed by atoms with van der Waals surface area (Å²) in [5.74, 6) is -0.920. The molecule has 0 heterocycles. The molecule has 0 aliphatic rings. The predicted octanol–water partition coefficient (Wildman–Crippen LogP) is 18.9. The van der Waals surface area contributed by atoms with Crippen molar-refractivity contribution in [2.75, 3.05) is 13.2 Å². The minimum Gasteiger partial charge on any atom is -0.462 e. The molecule has 0 aromatic rings. The van der Waals surface area contributed by atoms with E-state index in [4.69, 9.17) is 14.2 Å². The third-order valence-electron chi connectivity index (χ3n) is 11.8. The minimum atomic E-state index is -0.792. The monoisotopic (exact) mass is 945 g/mol. The van der Waals surface area contributed by atoms with Crippen molar-refractivity contribution in [2.24, 2.45) is 0 Å². The van der Waals surface area contributed by atoms with Gasteiger partial charge in [-0.05, 0) is 103 Å². The van der Waals surface area contributed by atoms with Crippen molar-refractivity contribution in [1.29, 1.82) is 0 Å². The number of hydrogen-bond donors (Lipinski definition) is 0. The lowest BCUT2D eigenvalue weighted by Gasteiger charge is -2.18. The summed E-state index contributed by atoms with van der Waals surface area (Å²) < 4.78 is 16.8. The molecular weight excluding hydrogens is 841 g/mol. The second-order valence-corrected chi connectivity index (χ2v) is 18.5. The van der Waals surface area contributed by atoms with Crippen molar-refractivity contribution >= 4 is 17.9 Å². The first-order chi connectivity index (χ1) is 33.5. The molecule has 0 fully saturated rings. The maximum atomic E-state index is 12.8. The van der Waals surface area contributed by atoms with Crippen LogP contribution in [-0.2, 0) is 28.6 Å². The first-order valence-corrected chi connectivity index (χ1v) is 28.2. The van der Waals surface area contributed by atoms with E-state index in [1.54, 1.807) is 0 Å². The van der Waals surface area contributed by atoms with Crippen LogP contribution < -0.4 is 0 Å². The van der Waals surface area contributed by atoms with Crippen LogP contribution in [0.4, 0.5) is 0 Å². The first-order valence-electron chi connectivity index (χ1n) is 28.2. The lowest BCUT2D eigenvalue weighted by Crippen LogP contribution is -2.30. The molecule has 1 atom stereocenters. The van der Waals surface area contributed by atoms with Crippen LogP contribution >= 0.6 is 0 Å². The predicted molar refractivity (Wildman–Crippen MR) is 293 cm³/mol. The van der Waals surface area contributed by atoms with E-state index in [0.717, 1.165) is 135 Å². The number of rotatable bonds is 50. The summed E-state index contributed by atoms with van der Waals surface area (Å²) >= 11 is 0. The van der Waals surface area contributed by atoms with Crippen LogP contribution in [0.2, 0.25) is 0 Å². The SMILES string of the molecule is CC/C=C\C/C=C\C/C=C\C/C=C\C/C=C\CCCCCCCC(=O)OCC(COC(=O)CCCCCCCCCCCC)OC(=O)CCCCCCCC/C=C\C/C=C\C/C=C\CCCCC. The summed E-state index contributed by atoms with van der Waals surface area (Å²) in [4.78, 5) is 38.1. The molecule has 6 nitrogen and oxygen atoms in total. The molecule has 0 radical (unpaired) electrons. The van der Waals surface area contributed by atoms with Crippen LogP contribution in [0.15, 0.2) is 97.2 Å². The van der Waals surface area contributed by atoms with Gasteiger partial charge in [0.05, 0.1) is 0 Å². The summed E-state index contributed by atoms with van der Waals surface area (Å²) in [6.45, 7) is 6.46. The van der Waals surface area contributed by atoms with Gasteiger partial charge in [-0.1, -0.05) is 234 Å². The van der Waals surface area contributed by atoms with E-state index in [9.17, 15) is 14.4 Å². The highest BCUT2D eigenvalue weighted by atomic mass is 16.6. The molecule has 68 heavy (non-hydrogen) atoms. The molecule has 0 saturated carbocycles. The van der Waals surface area contributed by atoms with E-state index >= 15 is 0 Å². The Morgan fingerprint density at radius 2 is 0.574 bits per heavy atom. The van der Waals surface area contributed by atoms with Gasteiger partial charge < -0.3 is 14.2 Å². The number of hydrogen-bond acceptors (Lipinski definition) is 6. The Balaban J connectivity index is 4.39. The summed E-state index contributed by atoms with van der Waals surface area (Å²) in [6, 6.07) is 0. The molecule has 6 heteroatoms. The molecular formula is C62H104O6. The van der Waals surface area contributed by atoms with E-state index in [2.05, 4.69) is 118 Å². The van der Waals surface area contributed by atoms with Crippen molar-refractivity contribution in [3.63, 3.8) is 0 Å². The fraction of sp³-hybridized carbons (Fsp3) is 0.694. The smallest absolute Gasteiger partial charge is 0.306 e. The van der Waals surface area contributed by atoms with Gasteiger partial charge in [0.15, 0.2) is 6.10 Å². The Kier molecular flexibility index (Phi) is 52.9. The standard InChI is InChI=1S/C62H104O6/c1-4-7-10-13-16-19-22-24-26-28-30-31-33-34-36-38-40-43-46-49-52-55-61(64)67-58-59(57-66-60(63)54-51-48-45-42-21-18-15-12-9-6-3)68-62(65)56-53-50-47-44-41-39-37-35-32-29-27-25-23-20-17-14-11-8-5-2/h7,10,16-17,19-20,24-27,30-32,34-36,59H,4-6,8-9,11-15,18,21-23,28-29,33,37-58H2,1-3H3/b10-7-,19-16-,20-17-,26-24-,27-25-,31-30-,35-32-,36-34-. The van der Waals surface area contributed by atoms with Gasteiger partial charge in [0.1, 0.15) is 13.2 Å². The van der Waals surface area contributed by atoms with E-state index in [-0.39, 0.29) is 31.1 Å². The summed E-state index contributed by atoms with van der Waals surface area (Å²) in [6.07, 6.45) is 73.9. The van der Waals surface area contributed by atoms with Crippen LogP contribution in [0.1, 0.15) is 258 Å².